The van der Waals surface area contributed by atoms with Gasteiger partial charge in [0.15, 0.2) is 0 Å². The van der Waals surface area contributed by atoms with E-state index in [1.54, 1.807) is 3.33 Å². The molecule has 0 aliphatic heterocycles. The van der Waals surface area contributed by atoms with Gasteiger partial charge >= 0.3 is 58.8 Å². The van der Waals surface area contributed by atoms with E-state index in [1.807, 2.05) is 0 Å². The molecule has 1 aliphatic rings. The molecule has 0 N–H and O–H groups in total. The molecule has 0 saturated carbocycles. The Hall–Kier alpha value is 0.350. The predicted octanol–water partition coefficient (Wildman–Crippen LogP) is 1.77. The summed E-state index contributed by atoms with van der Waals surface area (Å²) in [5, 5.41) is 0. The fourth-order valence-corrected chi connectivity index (χ4v) is 1.34. The minimum absolute atomic E-state index is 1.23. The molecule has 0 aromatic carbocycles. The van der Waals surface area contributed by atoms with Crippen LogP contribution in [0.25, 0.3) is 0 Å². The Morgan fingerprint density at radius 2 is 2.43 bits per heavy atom. The van der Waals surface area contributed by atoms with Gasteiger partial charge in [0, 0.05) is 0 Å². The zero-order valence-electron chi connectivity index (χ0n) is 4.36. The van der Waals surface area contributed by atoms with Gasteiger partial charge < -0.3 is 0 Å². The molecule has 0 unspecified atom stereocenters. The van der Waals surface area contributed by atoms with Gasteiger partial charge in [-0.2, -0.15) is 0 Å². The Morgan fingerprint density at radius 1 is 1.71 bits per heavy atom. The first-order chi connectivity index (χ1) is 3.30. The third-order valence-corrected chi connectivity index (χ3v) is 3.32. The van der Waals surface area contributed by atoms with Gasteiger partial charge in [-0.25, -0.2) is 0 Å². The maximum atomic E-state index is 2.23. The zero-order valence-corrected chi connectivity index (χ0v) is 7.95. The Morgan fingerprint density at radius 3 is 2.57 bits per heavy atom. The van der Waals surface area contributed by atoms with Crippen LogP contribution in [0, 0.1) is 0 Å². The van der Waals surface area contributed by atoms with Crippen LogP contribution < -0.4 is 0 Å². The van der Waals surface area contributed by atoms with E-state index in [4.69, 9.17) is 0 Å². The van der Waals surface area contributed by atoms with E-state index in [2.05, 4.69) is 19.1 Å². The average molecular weight is 258 g/mol. The van der Waals surface area contributed by atoms with Crippen LogP contribution in [0.4, 0.5) is 0 Å². The fourth-order valence-electron chi connectivity index (χ4n) is 0.615. The molecule has 0 aromatic heterocycles. The minimum atomic E-state index is 1.23. The van der Waals surface area contributed by atoms with E-state index in [9.17, 15) is 0 Å². The maximum absolute atomic E-state index is 2.23. The molecule has 1 aliphatic carbocycles. The van der Waals surface area contributed by atoms with Crippen LogP contribution in [0.5, 0.6) is 0 Å². The van der Waals surface area contributed by atoms with E-state index < -0.39 is 0 Å². The summed E-state index contributed by atoms with van der Waals surface area (Å²) >= 11 is 1.25. The quantitative estimate of drug-likeness (QED) is 0.580. The van der Waals surface area contributed by atoms with Gasteiger partial charge in [0.1, 0.15) is 0 Å². The van der Waals surface area contributed by atoms with Gasteiger partial charge in [0.2, 0.25) is 0 Å². The van der Waals surface area contributed by atoms with Gasteiger partial charge in [0.05, 0.1) is 0 Å². The van der Waals surface area contributed by atoms with Crippen molar-refractivity contribution in [3.63, 3.8) is 0 Å². The Bertz CT molecular complexity index is 131. The number of hydrogen-bond donors (Lipinski definition) is 0. The van der Waals surface area contributed by atoms with E-state index in [-0.39, 0.29) is 0 Å². The van der Waals surface area contributed by atoms with Crippen LogP contribution >= 0.6 is 0 Å². The van der Waals surface area contributed by atoms with Crippen LogP contribution in [-0.4, -0.2) is 0 Å². The normalized spacial score (nSPS) is 18.9. The summed E-state index contributed by atoms with van der Waals surface area (Å²) in [6.45, 7) is 2.19. The van der Waals surface area contributed by atoms with Gasteiger partial charge in [-0.3, -0.25) is 0 Å². The molecule has 0 nitrogen and oxygen atoms in total. The molecule has 0 aromatic rings. The molecule has 0 saturated heterocycles. The standard InChI is InChI=1S/C6H7.Hf/c1-6-4-2-3-5-6;/h2,4H,3H2,1H3;. The van der Waals surface area contributed by atoms with E-state index >= 15 is 0 Å². The third kappa shape index (κ3) is 1.12. The van der Waals surface area contributed by atoms with Crippen molar-refractivity contribution in [2.45, 2.75) is 13.3 Å². The van der Waals surface area contributed by atoms with Gasteiger partial charge in [-0.15, -0.1) is 0 Å². The molecule has 0 bridgehead atoms. The SMILES string of the molecule is CC1=[C]([Hf])CC=C1. The number of hydrogen-bond acceptors (Lipinski definition) is 0. The van der Waals surface area contributed by atoms with Crippen molar-refractivity contribution in [1.82, 2.24) is 0 Å². The summed E-state index contributed by atoms with van der Waals surface area (Å²) in [6.07, 6.45) is 5.68. The number of allylic oxidation sites excluding steroid dienone is 4. The van der Waals surface area contributed by atoms with Crippen LogP contribution in [0.1, 0.15) is 13.3 Å². The summed E-state index contributed by atoms with van der Waals surface area (Å²) in [6, 6.07) is 0. The number of rotatable bonds is 0. The molecule has 0 atom stereocenters. The van der Waals surface area contributed by atoms with Crippen LogP contribution in [0.2, 0.25) is 0 Å². The summed E-state index contributed by atoms with van der Waals surface area (Å²) in [5.74, 6) is 0. The van der Waals surface area contributed by atoms with Crippen LogP contribution in [-0.2, 0) is 24.4 Å². The van der Waals surface area contributed by atoms with Crippen molar-refractivity contribution < 1.29 is 24.4 Å². The molecule has 35 valence electrons. The molecule has 0 amide bonds. The van der Waals surface area contributed by atoms with Crippen molar-refractivity contribution in [1.29, 1.82) is 0 Å². The predicted molar refractivity (Wildman–Crippen MR) is 26.5 cm³/mol. The molecular weight excluding hydrogens is 251 g/mol. The average Bonchev–Trinajstić information content (AvgIpc) is 1.91. The first-order valence-corrected chi connectivity index (χ1v) is 4.18. The molecule has 0 heterocycles. The second kappa shape index (κ2) is 2.08. The summed E-state index contributed by atoms with van der Waals surface area (Å²) in [4.78, 5) is 0. The zero-order chi connectivity index (χ0) is 5.28. The molecule has 0 radical (unpaired) electrons. The summed E-state index contributed by atoms with van der Waals surface area (Å²) in [5.41, 5.74) is 1.51. The van der Waals surface area contributed by atoms with Gasteiger partial charge in [0.25, 0.3) is 0 Å². The first-order valence-electron chi connectivity index (χ1n) is 2.38. The van der Waals surface area contributed by atoms with E-state index in [0.29, 0.717) is 0 Å². The first kappa shape index (κ1) is 5.49. The van der Waals surface area contributed by atoms with Gasteiger partial charge in [-0.05, 0) is 0 Å². The molecule has 1 rings (SSSR count). The topological polar surface area (TPSA) is 0 Å². The fraction of sp³-hybridized carbons (Fsp3) is 0.333. The van der Waals surface area contributed by atoms with Crippen molar-refractivity contribution in [2.24, 2.45) is 0 Å². The molecular formula is C6H7Hf. The van der Waals surface area contributed by atoms with Crippen molar-refractivity contribution in [3.05, 3.63) is 21.1 Å². The molecule has 0 spiro atoms. The third-order valence-electron chi connectivity index (χ3n) is 1.17. The Balaban J connectivity index is 2.79. The van der Waals surface area contributed by atoms with Crippen molar-refractivity contribution in [3.8, 4) is 0 Å². The molecule has 7 heavy (non-hydrogen) atoms. The Labute approximate surface area is 58.9 Å². The van der Waals surface area contributed by atoms with Crippen molar-refractivity contribution >= 4 is 0 Å². The molecule has 1 heteroatoms. The molecule has 0 fully saturated rings. The van der Waals surface area contributed by atoms with E-state index in [0.717, 1.165) is 0 Å². The monoisotopic (exact) mass is 259 g/mol. The van der Waals surface area contributed by atoms with Crippen LogP contribution in [0.15, 0.2) is 21.1 Å². The second-order valence-corrected chi connectivity index (χ2v) is 3.94. The van der Waals surface area contributed by atoms with Crippen molar-refractivity contribution in [2.75, 3.05) is 0 Å². The van der Waals surface area contributed by atoms with Gasteiger partial charge in [-0.1, -0.05) is 0 Å². The second-order valence-electron chi connectivity index (χ2n) is 1.77. The van der Waals surface area contributed by atoms with E-state index in [1.165, 1.54) is 36.4 Å². The summed E-state index contributed by atoms with van der Waals surface area (Å²) in [7, 11) is 0. The Kier molecular flexibility index (Phi) is 1.63. The summed E-state index contributed by atoms with van der Waals surface area (Å²) < 4.78 is 1.65. The van der Waals surface area contributed by atoms with Crippen LogP contribution in [0.3, 0.4) is 0 Å².